The summed E-state index contributed by atoms with van der Waals surface area (Å²) >= 11 is 0. The van der Waals surface area contributed by atoms with Crippen LogP contribution in [0.3, 0.4) is 0 Å². The van der Waals surface area contributed by atoms with Crippen molar-refractivity contribution in [3.8, 4) is 0 Å². The molecule has 0 aromatic rings. The molecule has 0 aromatic carbocycles. The second-order valence-corrected chi connectivity index (χ2v) is 23.9. The minimum atomic E-state index is -0.843. The Labute approximate surface area is 500 Å². The lowest BCUT2D eigenvalue weighted by atomic mass is 10.0. The van der Waals surface area contributed by atoms with Gasteiger partial charge in [-0.05, 0) is 77.0 Å². The van der Waals surface area contributed by atoms with Crippen LogP contribution in [0.1, 0.15) is 361 Å². The lowest BCUT2D eigenvalue weighted by Crippen LogP contribution is -2.45. The molecule has 4 heteroatoms. The van der Waals surface area contributed by atoms with Gasteiger partial charge in [0.15, 0.2) is 0 Å². The predicted molar refractivity (Wildman–Crippen MR) is 359 cm³/mol. The maximum atomic E-state index is 12.5. The summed E-state index contributed by atoms with van der Waals surface area (Å²) < 4.78 is 0. The smallest absolute Gasteiger partial charge is 0.220 e. The third kappa shape index (κ3) is 66.1. The van der Waals surface area contributed by atoms with Crippen molar-refractivity contribution >= 4 is 5.91 Å². The predicted octanol–water partition coefficient (Wildman–Crippen LogP) is 24.4. The second-order valence-electron chi connectivity index (χ2n) is 23.9. The van der Waals surface area contributed by atoms with Gasteiger partial charge in [-0.25, -0.2) is 0 Å². The number of allylic oxidation sites excluding steroid dienone is 15. The third-order valence-electron chi connectivity index (χ3n) is 16.1. The Morgan fingerprint density at radius 2 is 0.550 bits per heavy atom. The van der Waals surface area contributed by atoms with Gasteiger partial charge in [-0.1, -0.05) is 374 Å². The number of hydrogen-bond acceptors (Lipinski definition) is 3. The van der Waals surface area contributed by atoms with Crippen LogP contribution < -0.4 is 5.32 Å². The van der Waals surface area contributed by atoms with E-state index in [1.54, 1.807) is 6.08 Å². The molecule has 464 valence electrons. The molecule has 0 bridgehead atoms. The van der Waals surface area contributed by atoms with Crippen LogP contribution >= 0.6 is 0 Å². The monoisotopic (exact) mass is 1110 g/mol. The van der Waals surface area contributed by atoms with E-state index in [0.29, 0.717) is 6.42 Å². The third-order valence-corrected chi connectivity index (χ3v) is 16.1. The van der Waals surface area contributed by atoms with Crippen molar-refractivity contribution in [1.29, 1.82) is 0 Å². The standard InChI is InChI=1S/C76H137NO3/c1-3-5-7-9-11-13-15-17-19-21-23-25-27-29-31-32-33-34-35-36-37-38-39-40-41-42-43-44-46-48-50-52-54-56-58-60-62-64-66-68-70-72-76(80)77-74(73-78)75(79)71-69-67-65-63-61-59-57-55-53-51-49-47-45-30-28-26-24-22-20-18-16-14-12-10-8-6-4-2/h5,7,11,13,17,19,23,25,29,31,33-34,36-37,69,71,74-75,78-79H,3-4,6,8-10,12,14-16,18,20-22,24,26-28,30,32,35,38-68,70,72-73H2,1-2H3,(H,77,80)/b7-5-,13-11-,19-17-,25-23-,31-29-,34-33-,37-36-,71-69+. The summed E-state index contributed by atoms with van der Waals surface area (Å²) in [5.74, 6) is -0.0597. The Morgan fingerprint density at radius 3 is 0.825 bits per heavy atom. The summed E-state index contributed by atoms with van der Waals surface area (Å²) in [5, 5.41) is 23.3. The fourth-order valence-corrected chi connectivity index (χ4v) is 10.8. The van der Waals surface area contributed by atoms with E-state index in [9.17, 15) is 15.0 Å². The first-order chi connectivity index (χ1) is 39.7. The number of carbonyl (C=O) groups is 1. The maximum Gasteiger partial charge on any atom is 0.220 e. The highest BCUT2D eigenvalue weighted by Crippen LogP contribution is 2.18. The summed E-state index contributed by atoms with van der Waals surface area (Å²) in [6.45, 7) is 4.23. The lowest BCUT2D eigenvalue weighted by Gasteiger charge is -2.20. The van der Waals surface area contributed by atoms with E-state index in [0.717, 1.165) is 70.6 Å². The van der Waals surface area contributed by atoms with Crippen LogP contribution in [0.2, 0.25) is 0 Å². The molecule has 0 aliphatic heterocycles. The molecule has 80 heavy (non-hydrogen) atoms. The number of aliphatic hydroxyl groups is 2. The molecule has 0 rings (SSSR count). The molecular weight excluding hydrogens is 975 g/mol. The molecule has 0 aliphatic carbocycles. The van der Waals surface area contributed by atoms with E-state index in [2.05, 4.69) is 104 Å². The molecule has 0 fully saturated rings. The molecule has 0 aromatic heterocycles. The lowest BCUT2D eigenvalue weighted by molar-refractivity contribution is -0.123. The van der Waals surface area contributed by atoms with Crippen molar-refractivity contribution in [2.75, 3.05) is 6.61 Å². The van der Waals surface area contributed by atoms with Gasteiger partial charge in [0, 0.05) is 6.42 Å². The molecule has 0 radical (unpaired) electrons. The van der Waals surface area contributed by atoms with E-state index < -0.39 is 12.1 Å². The van der Waals surface area contributed by atoms with Gasteiger partial charge in [0.05, 0.1) is 18.8 Å². The SMILES string of the molecule is CC/C=C\C/C=C\C/C=C\C/C=C\C/C=C\C/C=C\C/C=C\CCCCCCCCCCCCCCCCCCCCCC(=O)NC(CO)C(O)/C=C/CCCCCCCCCCCCCCCCCCCCCCCCCCC. The number of carbonyl (C=O) groups excluding carboxylic acids is 1. The average molecular weight is 1110 g/mol. The zero-order valence-corrected chi connectivity index (χ0v) is 53.6. The van der Waals surface area contributed by atoms with Crippen molar-refractivity contribution in [2.24, 2.45) is 0 Å². The summed E-state index contributed by atoms with van der Waals surface area (Å²) in [4.78, 5) is 12.5. The summed E-state index contributed by atoms with van der Waals surface area (Å²) in [5.41, 5.74) is 0. The van der Waals surface area contributed by atoms with Crippen molar-refractivity contribution < 1.29 is 15.0 Å². The molecule has 2 atom stereocenters. The highest BCUT2D eigenvalue weighted by molar-refractivity contribution is 5.76. The largest absolute Gasteiger partial charge is 0.394 e. The van der Waals surface area contributed by atoms with Crippen LogP contribution in [0.25, 0.3) is 0 Å². The summed E-state index contributed by atoms with van der Waals surface area (Å²) in [6.07, 6.45) is 105. The molecule has 0 heterocycles. The van der Waals surface area contributed by atoms with E-state index in [1.165, 1.54) is 270 Å². The van der Waals surface area contributed by atoms with Crippen LogP contribution in [-0.2, 0) is 4.79 Å². The molecular formula is C76H137NO3. The quantitative estimate of drug-likeness (QED) is 0.0420. The van der Waals surface area contributed by atoms with Crippen LogP contribution in [0.4, 0.5) is 0 Å². The Bertz CT molecular complexity index is 1450. The van der Waals surface area contributed by atoms with E-state index in [-0.39, 0.29) is 12.5 Å². The zero-order valence-electron chi connectivity index (χ0n) is 53.6. The molecule has 0 spiro atoms. The number of unbranched alkanes of at least 4 members (excludes halogenated alkanes) is 44. The van der Waals surface area contributed by atoms with Crippen molar-refractivity contribution in [3.05, 3.63) is 97.2 Å². The number of amides is 1. The molecule has 3 N–H and O–H groups in total. The highest BCUT2D eigenvalue weighted by atomic mass is 16.3. The fraction of sp³-hybridized carbons (Fsp3) is 0.776. The first-order valence-electron chi connectivity index (χ1n) is 35.5. The van der Waals surface area contributed by atoms with Gasteiger partial charge < -0.3 is 15.5 Å². The maximum absolute atomic E-state index is 12.5. The number of hydrogen-bond donors (Lipinski definition) is 3. The topological polar surface area (TPSA) is 69.6 Å². The van der Waals surface area contributed by atoms with E-state index >= 15 is 0 Å². The number of nitrogens with one attached hydrogen (secondary N) is 1. The molecule has 0 saturated carbocycles. The average Bonchev–Trinajstić information content (AvgIpc) is 3.46. The van der Waals surface area contributed by atoms with Crippen LogP contribution in [0, 0.1) is 0 Å². The van der Waals surface area contributed by atoms with Gasteiger partial charge in [0.1, 0.15) is 0 Å². The van der Waals surface area contributed by atoms with Crippen LogP contribution in [0.15, 0.2) is 97.2 Å². The number of aliphatic hydroxyl groups excluding tert-OH is 2. The Morgan fingerprint density at radius 1 is 0.312 bits per heavy atom. The normalized spacial score (nSPS) is 13.3. The minimum Gasteiger partial charge on any atom is -0.394 e. The van der Waals surface area contributed by atoms with Gasteiger partial charge in [-0.15, -0.1) is 0 Å². The Kier molecular flexibility index (Phi) is 68.2. The molecule has 4 nitrogen and oxygen atoms in total. The van der Waals surface area contributed by atoms with E-state index in [4.69, 9.17) is 0 Å². The molecule has 0 aliphatic rings. The summed E-state index contributed by atoms with van der Waals surface area (Å²) in [7, 11) is 0. The van der Waals surface area contributed by atoms with Crippen molar-refractivity contribution in [2.45, 2.75) is 373 Å². The minimum absolute atomic E-state index is 0.0597. The first kappa shape index (κ1) is 77.3. The molecule has 0 saturated heterocycles. The Balaban J connectivity index is 3.46. The second kappa shape index (κ2) is 70.6. The van der Waals surface area contributed by atoms with Gasteiger partial charge in [0.2, 0.25) is 5.91 Å². The zero-order chi connectivity index (χ0) is 57.6. The van der Waals surface area contributed by atoms with Gasteiger partial charge in [0.25, 0.3) is 0 Å². The van der Waals surface area contributed by atoms with Crippen LogP contribution in [-0.4, -0.2) is 34.9 Å². The van der Waals surface area contributed by atoms with E-state index in [1.807, 2.05) is 6.08 Å². The van der Waals surface area contributed by atoms with Gasteiger partial charge in [-0.3, -0.25) is 4.79 Å². The Hall–Kier alpha value is -2.69. The molecule has 2 unspecified atom stereocenters. The fourth-order valence-electron chi connectivity index (χ4n) is 10.8. The summed E-state index contributed by atoms with van der Waals surface area (Å²) in [6, 6.07) is -0.627. The highest BCUT2D eigenvalue weighted by Gasteiger charge is 2.18. The first-order valence-corrected chi connectivity index (χ1v) is 35.5. The number of rotatable bonds is 65. The van der Waals surface area contributed by atoms with Gasteiger partial charge in [-0.2, -0.15) is 0 Å². The van der Waals surface area contributed by atoms with Gasteiger partial charge >= 0.3 is 0 Å². The van der Waals surface area contributed by atoms with Crippen molar-refractivity contribution in [1.82, 2.24) is 5.32 Å². The van der Waals surface area contributed by atoms with Crippen LogP contribution in [0.5, 0.6) is 0 Å². The molecule has 1 amide bonds. The van der Waals surface area contributed by atoms with Crippen molar-refractivity contribution in [3.63, 3.8) is 0 Å².